The summed E-state index contributed by atoms with van der Waals surface area (Å²) in [4.78, 5) is 20.0. The van der Waals surface area contributed by atoms with E-state index in [1.54, 1.807) is 0 Å². The van der Waals surface area contributed by atoms with Crippen LogP contribution in [0, 0.1) is 5.82 Å². The molecule has 0 atom stereocenters. The lowest BCUT2D eigenvalue weighted by molar-refractivity contribution is 0.593. The highest BCUT2D eigenvalue weighted by atomic mass is 79.9. The predicted octanol–water partition coefficient (Wildman–Crippen LogP) is 0.184. The molecule has 0 spiro atoms. The van der Waals surface area contributed by atoms with Crippen molar-refractivity contribution in [3.8, 4) is 0 Å². The molecule has 0 bridgehead atoms. The van der Waals surface area contributed by atoms with Crippen LogP contribution in [0.15, 0.2) is 14.1 Å². The molecular formula is C4BrFO2. The van der Waals surface area contributed by atoms with E-state index in [9.17, 15) is 14.0 Å². The zero-order valence-electron chi connectivity index (χ0n) is 3.57. The first-order valence-corrected chi connectivity index (χ1v) is 2.58. The van der Waals surface area contributed by atoms with E-state index in [0.29, 0.717) is 0 Å². The van der Waals surface area contributed by atoms with E-state index < -0.39 is 16.7 Å². The fourth-order valence-corrected chi connectivity index (χ4v) is 0.696. The van der Waals surface area contributed by atoms with Crippen molar-refractivity contribution in [1.29, 1.82) is 0 Å². The Morgan fingerprint density at radius 3 is 1.88 bits per heavy atom. The Bertz CT molecular complexity index is 254. The third-order valence-electron chi connectivity index (χ3n) is 0.798. The van der Waals surface area contributed by atoms with E-state index in [1.807, 2.05) is 0 Å². The normalized spacial score (nSPS) is 10.2. The van der Waals surface area contributed by atoms with Gasteiger partial charge in [-0.25, -0.2) is 4.39 Å². The molecule has 0 N–H and O–H groups in total. The van der Waals surface area contributed by atoms with Gasteiger partial charge >= 0.3 is 0 Å². The molecule has 0 radical (unpaired) electrons. The van der Waals surface area contributed by atoms with Crippen LogP contribution < -0.4 is 10.9 Å². The second kappa shape index (κ2) is 1.48. The molecule has 0 heterocycles. The highest BCUT2D eigenvalue weighted by molar-refractivity contribution is 9.10. The smallest absolute Gasteiger partial charge is 0.263 e. The molecule has 1 rings (SSSR count). The van der Waals surface area contributed by atoms with Crippen LogP contribution in [0.3, 0.4) is 0 Å². The molecule has 1 aromatic rings. The highest BCUT2D eigenvalue weighted by Crippen LogP contribution is 2.04. The zero-order chi connectivity index (χ0) is 6.31. The molecule has 8 heavy (non-hydrogen) atoms. The summed E-state index contributed by atoms with van der Waals surface area (Å²) in [6.07, 6.45) is 0. The van der Waals surface area contributed by atoms with Crippen molar-refractivity contribution in [3.63, 3.8) is 0 Å². The predicted molar refractivity (Wildman–Crippen MR) is 29.0 cm³/mol. The van der Waals surface area contributed by atoms with Gasteiger partial charge in [0.15, 0.2) is 5.82 Å². The fourth-order valence-electron chi connectivity index (χ4n) is 0.336. The van der Waals surface area contributed by atoms with Gasteiger partial charge in [-0.3, -0.25) is 9.59 Å². The largest absolute Gasteiger partial charge is 0.284 e. The average molecular weight is 179 g/mol. The van der Waals surface area contributed by atoms with E-state index >= 15 is 0 Å². The molecule has 0 saturated heterocycles. The van der Waals surface area contributed by atoms with Crippen molar-refractivity contribution in [1.82, 2.24) is 0 Å². The summed E-state index contributed by atoms with van der Waals surface area (Å²) in [6, 6.07) is 0. The Balaban J connectivity index is 3.48. The monoisotopic (exact) mass is 178 g/mol. The minimum Gasteiger partial charge on any atom is -0.284 e. The Morgan fingerprint density at radius 1 is 1.25 bits per heavy atom. The number of hydrogen-bond acceptors (Lipinski definition) is 2. The standard InChI is InChI=1S/C4BrFO2/c5-1-2(6)4(8)3(1)7. The van der Waals surface area contributed by atoms with Gasteiger partial charge in [-0.05, 0) is 15.9 Å². The quantitative estimate of drug-likeness (QED) is 0.532. The summed E-state index contributed by atoms with van der Waals surface area (Å²) in [7, 11) is 0. The van der Waals surface area contributed by atoms with Gasteiger partial charge in [0.25, 0.3) is 5.43 Å². The second-order valence-electron chi connectivity index (χ2n) is 1.29. The zero-order valence-corrected chi connectivity index (χ0v) is 5.16. The van der Waals surface area contributed by atoms with Gasteiger partial charge in [0, 0.05) is 0 Å². The Morgan fingerprint density at radius 2 is 1.75 bits per heavy atom. The van der Waals surface area contributed by atoms with Crippen molar-refractivity contribution in [3.05, 3.63) is 30.7 Å². The van der Waals surface area contributed by atoms with E-state index in [1.165, 1.54) is 0 Å². The van der Waals surface area contributed by atoms with E-state index in [4.69, 9.17) is 0 Å². The summed E-state index contributed by atoms with van der Waals surface area (Å²) < 4.78 is 11.6. The maximum Gasteiger partial charge on any atom is 0.263 e. The molecule has 2 nitrogen and oxygen atoms in total. The Kier molecular flexibility index (Phi) is 1.04. The summed E-state index contributed by atoms with van der Waals surface area (Å²) >= 11 is 2.57. The molecule has 0 aliphatic rings. The lowest BCUT2D eigenvalue weighted by Gasteiger charge is -1.89. The first-order valence-electron chi connectivity index (χ1n) is 1.79. The van der Waals surface area contributed by atoms with Crippen LogP contribution in [-0.4, -0.2) is 0 Å². The van der Waals surface area contributed by atoms with Crippen LogP contribution in [0.2, 0.25) is 0 Å². The second-order valence-corrected chi connectivity index (χ2v) is 2.08. The summed E-state index contributed by atoms with van der Waals surface area (Å²) in [5, 5.41) is 0. The van der Waals surface area contributed by atoms with E-state index in [2.05, 4.69) is 15.9 Å². The summed E-state index contributed by atoms with van der Waals surface area (Å²) in [5.41, 5.74) is -1.81. The van der Waals surface area contributed by atoms with Crippen LogP contribution in [0.5, 0.6) is 0 Å². The van der Waals surface area contributed by atoms with Crippen molar-refractivity contribution in [2.45, 2.75) is 0 Å². The van der Waals surface area contributed by atoms with Gasteiger partial charge < -0.3 is 0 Å². The maximum atomic E-state index is 11.8. The minimum atomic E-state index is -1.03. The topological polar surface area (TPSA) is 34.1 Å². The Labute approximate surface area is 51.8 Å². The Hall–Kier alpha value is -0.510. The van der Waals surface area contributed by atoms with Gasteiger partial charge in [-0.1, -0.05) is 0 Å². The molecule has 0 unspecified atom stereocenters. The fraction of sp³-hybridized carbons (Fsp3) is 0. The maximum absolute atomic E-state index is 11.8. The number of hydrogen-bond donors (Lipinski definition) is 0. The minimum absolute atomic E-state index is 0.234. The molecular weight excluding hydrogens is 179 g/mol. The van der Waals surface area contributed by atoms with Gasteiger partial charge in [0.1, 0.15) is 4.47 Å². The third kappa shape index (κ3) is 0.461. The van der Waals surface area contributed by atoms with Gasteiger partial charge in [-0.15, -0.1) is 0 Å². The molecule has 1 aromatic carbocycles. The first-order chi connectivity index (χ1) is 3.64. The average Bonchev–Trinajstić information content (AvgIpc) is 1.83. The SMILES string of the molecule is O=c1c(F)c(Br)c1=O. The van der Waals surface area contributed by atoms with Gasteiger partial charge in [0.2, 0.25) is 5.43 Å². The molecule has 0 amide bonds. The first kappa shape index (κ1) is 5.62. The van der Waals surface area contributed by atoms with Crippen molar-refractivity contribution >= 4 is 15.9 Å². The lowest BCUT2D eigenvalue weighted by atomic mass is 10.3. The van der Waals surface area contributed by atoms with Crippen molar-refractivity contribution in [2.24, 2.45) is 0 Å². The molecule has 0 aromatic heterocycles. The van der Waals surface area contributed by atoms with Crippen LogP contribution >= 0.6 is 15.9 Å². The van der Waals surface area contributed by atoms with Crippen molar-refractivity contribution in [2.75, 3.05) is 0 Å². The number of rotatable bonds is 0. The molecule has 0 aliphatic heterocycles. The molecule has 0 fully saturated rings. The van der Waals surface area contributed by atoms with Crippen LogP contribution in [0.1, 0.15) is 0 Å². The van der Waals surface area contributed by atoms with E-state index in [0.717, 1.165) is 0 Å². The summed E-state index contributed by atoms with van der Waals surface area (Å²) in [5.74, 6) is -0.963. The summed E-state index contributed by atoms with van der Waals surface area (Å²) in [6.45, 7) is 0. The molecule has 4 heteroatoms. The lowest BCUT2D eigenvalue weighted by Crippen LogP contribution is -2.35. The van der Waals surface area contributed by atoms with Crippen LogP contribution in [0.4, 0.5) is 4.39 Å². The van der Waals surface area contributed by atoms with Gasteiger partial charge in [-0.2, -0.15) is 0 Å². The molecule has 0 aliphatic carbocycles. The van der Waals surface area contributed by atoms with Crippen LogP contribution in [-0.2, 0) is 0 Å². The third-order valence-corrected chi connectivity index (χ3v) is 1.51. The van der Waals surface area contributed by atoms with Crippen molar-refractivity contribution < 1.29 is 4.39 Å². The van der Waals surface area contributed by atoms with Crippen LogP contribution in [0.25, 0.3) is 0 Å². The van der Waals surface area contributed by atoms with Gasteiger partial charge in [0.05, 0.1) is 0 Å². The molecule has 42 valence electrons. The molecule has 0 saturated carbocycles. The number of halogens is 2. The van der Waals surface area contributed by atoms with E-state index in [-0.39, 0.29) is 4.47 Å². The highest BCUT2D eigenvalue weighted by Gasteiger charge is 2.16.